The molecule has 3 rings (SSSR count). The van der Waals surface area contributed by atoms with Crippen molar-refractivity contribution in [1.29, 1.82) is 0 Å². The Morgan fingerprint density at radius 1 is 1.43 bits per heavy atom. The molecule has 3 N–H and O–H groups in total. The lowest BCUT2D eigenvalue weighted by Crippen LogP contribution is -2.23. The summed E-state index contributed by atoms with van der Waals surface area (Å²) in [4.78, 5) is 16.3. The molecule has 0 unspecified atom stereocenters. The molecular weight excluding hydrogens is 399 g/mol. The Labute approximate surface area is 159 Å². The van der Waals surface area contributed by atoms with Gasteiger partial charge in [-0.05, 0) is 25.8 Å². The smallest absolute Gasteiger partial charge is 0.289 e. The van der Waals surface area contributed by atoms with Gasteiger partial charge in [-0.25, -0.2) is 22.9 Å². The van der Waals surface area contributed by atoms with E-state index in [1.54, 1.807) is 0 Å². The van der Waals surface area contributed by atoms with E-state index < -0.39 is 38.2 Å². The third-order valence-electron chi connectivity index (χ3n) is 4.33. The summed E-state index contributed by atoms with van der Waals surface area (Å²) in [7, 11) is -4.10. The molecule has 0 aliphatic heterocycles. The Hall–Kier alpha value is -2.47. The molecular formula is C16H18F3N5O3S. The van der Waals surface area contributed by atoms with E-state index in [0.717, 1.165) is 16.9 Å². The maximum atomic E-state index is 14.2. The van der Waals surface area contributed by atoms with E-state index in [1.165, 1.54) is 13.0 Å². The molecule has 0 atom stereocenters. The number of nitrogens with one attached hydrogen (secondary N) is 1. The number of primary sulfonamides is 1. The maximum absolute atomic E-state index is 14.2. The number of amides is 1. The second-order valence-electron chi connectivity index (χ2n) is 6.90. The number of hydrogen-bond donors (Lipinski definition) is 2. The van der Waals surface area contributed by atoms with Crippen LogP contribution in [0.4, 0.5) is 18.9 Å². The third kappa shape index (κ3) is 4.17. The van der Waals surface area contributed by atoms with Gasteiger partial charge in [0, 0.05) is 30.4 Å². The molecule has 0 spiro atoms. The van der Waals surface area contributed by atoms with Crippen molar-refractivity contribution in [1.82, 2.24) is 14.8 Å². The molecule has 12 heteroatoms. The molecule has 2 heterocycles. The number of halogens is 3. The van der Waals surface area contributed by atoms with E-state index in [2.05, 4.69) is 15.4 Å². The lowest BCUT2D eigenvalue weighted by atomic mass is 10.1. The lowest BCUT2D eigenvalue weighted by Gasteiger charge is -2.11. The second-order valence-corrected chi connectivity index (χ2v) is 8.41. The van der Waals surface area contributed by atoms with Crippen molar-refractivity contribution in [3.63, 3.8) is 0 Å². The molecule has 152 valence electrons. The molecule has 1 fully saturated rings. The van der Waals surface area contributed by atoms with Crippen LogP contribution in [0.15, 0.2) is 23.4 Å². The van der Waals surface area contributed by atoms with Crippen LogP contribution in [0.1, 0.15) is 41.5 Å². The van der Waals surface area contributed by atoms with Crippen LogP contribution in [-0.4, -0.2) is 34.8 Å². The molecule has 8 nitrogen and oxygen atoms in total. The molecule has 0 saturated heterocycles. The highest BCUT2D eigenvalue weighted by molar-refractivity contribution is 7.89. The standard InChI is InChI=1S/C16H18F3N5O3S/c1-9-12(14(25)22-10-3-6-21-11(7-10)28(20,26)27)24(8-16(19)4-5-16)23-13(9)15(2,17)18/h3,6-7H,4-5,8H2,1-2H3,(H2,20,26,27)(H,21,22,25). The van der Waals surface area contributed by atoms with E-state index in [1.807, 2.05) is 0 Å². The van der Waals surface area contributed by atoms with Gasteiger partial charge in [-0.1, -0.05) is 0 Å². The number of alkyl halides is 3. The van der Waals surface area contributed by atoms with Crippen molar-refractivity contribution in [3.05, 3.63) is 35.3 Å². The molecule has 1 aliphatic rings. The molecule has 0 radical (unpaired) electrons. The highest BCUT2D eigenvalue weighted by atomic mass is 32.2. The first-order valence-electron chi connectivity index (χ1n) is 8.25. The van der Waals surface area contributed by atoms with E-state index in [-0.39, 0.29) is 36.3 Å². The summed E-state index contributed by atoms with van der Waals surface area (Å²) in [5.41, 5.74) is -2.49. The molecule has 1 amide bonds. The summed E-state index contributed by atoms with van der Waals surface area (Å²) in [5, 5.41) is 10.7. The van der Waals surface area contributed by atoms with Gasteiger partial charge in [-0.15, -0.1) is 0 Å². The number of nitrogens with zero attached hydrogens (tertiary/aromatic N) is 3. The lowest BCUT2D eigenvalue weighted by molar-refractivity contribution is 0.0112. The number of carbonyl (C=O) groups is 1. The zero-order valence-corrected chi connectivity index (χ0v) is 15.9. The first kappa shape index (κ1) is 20.3. The Morgan fingerprint density at radius 3 is 2.61 bits per heavy atom. The summed E-state index contributed by atoms with van der Waals surface area (Å²) >= 11 is 0. The average Bonchev–Trinajstić information content (AvgIpc) is 3.17. The fraction of sp³-hybridized carbons (Fsp3) is 0.438. The number of sulfonamides is 1. The highest BCUT2D eigenvalue weighted by Crippen LogP contribution is 2.42. The molecule has 0 bridgehead atoms. The summed E-state index contributed by atoms with van der Waals surface area (Å²) in [6.45, 7) is 1.61. The van der Waals surface area contributed by atoms with E-state index in [0.29, 0.717) is 6.92 Å². The van der Waals surface area contributed by atoms with Crippen LogP contribution < -0.4 is 10.5 Å². The zero-order chi connectivity index (χ0) is 20.9. The number of nitrogens with two attached hydrogens (primary N) is 1. The number of pyridine rings is 1. The molecule has 1 saturated carbocycles. The van der Waals surface area contributed by atoms with Crippen molar-refractivity contribution in [2.24, 2.45) is 5.14 Å². The van der Waals surface area contributed by atoms with Gasteiger partial charge in [-0.2, -0.15) is 13.9 Å². The Balaban J connectivity index is 1.98. The van der Waals surface area contributed by atoms with Crippen LogP contribution in [-0.2, 0) is 22.5 Å². The molecule has 2 aromatic heterocycles. The van der Waals surface area contributed by atoms with Crippen LogP contribution in [0, 0.1) is 6.92 Å². The van der Waals surface area contributed by atoms with Crippen molar-refractivity contribution in [3.8, 4) is 0 Å². The Morgan fingerprint density at radius 2 is 2.07 bits per heavy atom. The number of rotatable bonds is 6. The average molecular weight is 417 g/mol. The second kappa shape index (κ2) is 6.55. The van der Waals surface area contributed by atoms with Crippen molar-refractivity contribution in [2.45, 2.75) is 49.9 Å². The largest absolute Gasteiger partial charge is 0.321 e. The monoisotopic (exact) mass is 417 g/mol. The summed E-state index contributed by atoms with van der Waals surface area (Å²) in [6, 6.07) is 2.33. The van der Waals surface area contributed by atoms with Gasteiger partial charge in [-0.3, -0.25) is 9.48 Å². The number of anilines is 1. The predicted molar refractivity (Wildman–Crippen MR) is 93.2 cm³/mol. The van der Waals surface area contributed by atoms with Gasteiger partial charge in [0.25, 0.3) is 21.9 Å². The van der Waals surface area contributed by atoms with Gasteiger partial charge < -0.3 is 5.32 Å². The van der Waals surface area contributed by atoms with Crippen LogP contribution >= 0.6 is 0 Å². The Bertz CT molecular complexity index is 1040. The van der Waals surface area contributed by atoms with Crippen LogP contribution in [0.3, 0.4) is 0 Å². The first-order chi connectivity index (χ1) is 12.8. The van der Waals surface area contributed by atoms with Gasteiger partial charge in [0.1, 0.15) is 17.1 Å². The first-order valence-corrected chi connectivity index (χ1v) is 9.80. The minimum absolute atomic E-state index is 0.0300. The third-order valence-corrected chi connectivity index (χ3v) is 5.14. The van der Waals surface area contributed by atoms with E-state index >= 15 is 0 Å². The van der Waals surface area contributed by atoms with Crippen LogP contribution in [0.25, 0.3) is 0 Å². The van der Waals surface area contributed by atoms with Crippen LogP contribution in [0.5, 0.6) is 0 Å². The Kier molecular flexibility index (Phi) is 4.74. The minimum Gasteiger partial charge on any atom is -0.321 e. The van der Waals surface area contributed by atoms with E-state index in [4.69, 9.17) is 5.14 Å². The normalized spacial score (nSPS) is 16.1. The zero-order valence-electron chi connectivity index (χ0n) is 15.0. The van der Waals surface area contributed by atoms with Gasteiger partial charge >= 0.3 is 0 Å². The van der Waals surface area contributed by atoms with Crippen LogP contribution in [0.2, 0.25) is 0 Å². The topological polar surface area (TPSA) is 120 Å². The number of hydrogen-bond acceptors (Lipinski definition) is 5. The number of carbonyl (C=O) groups excluding carboxylic acids is 1. The molecule has 2 aromatic rings. The van der Waals surface area contributed by atoms with Gasteiger partial charge in [0.2, 0.25) is 0 Å². The SMILES string of the molecule is Cc1c(C(C)(F)F)nn(CC2(F)CC2)c1C(=O)Nc1ccnc(S(N)(=O)=O)c1. The summed E-state index contributed by atoms with van der Waals surface area (Å²) in [5.74, 6) is -4.16. The molecule has 1 aliphatic carbocycles. The fourth-order valence-electron chi connectivity index (χ4n) is 2.77. The fourth-order valence-corrected chi connectivity index (χ4v) is 3.26. The highest BCUT2D eigenvalue weighted by Gasteiger charge is 2.45. The van der Waals surface area contributed by atoms with Crippen molar-refractivity contribution < 1.29 is 26.4 Å². The number of aromatic nitrogens is 3. The van der Waals surface area contributed by atoms with E-state index in [9.17, 15) is 26.4 Å². The van der Waals surface area contributed by atoms with Crippen molar-refractivity contribution in [2.75, 3.05) is 5.32 Å². The predicted octanol–water partition coefficient (Wildman–Crippen LogP) is 2.10. The van der Waals surface area contributed by atoms with Gasteiger partial charge in [0.15, 0.2) is 5.03 Å². The van der Waals surface area contributed by atoms with Gasteiger partial charge in [0.05, 0.1) is 6.54 Å². The van der Waals surface area contributed by atoms with Crippen molar-refractivity contribution >= 4 is 21.6 Å². The summed E-state index contributed by atoms with van der Waals surface area (Å²) in [6.07, 6.45) is 1.63. The minimum atomic E-state index is -4.10. The molecule has 28 heavy (non-hydrogen) atoms. The quantitative estimate of drug-likeness (QED) is 0.746. The molecule has 0 aromatic carbocycles. The maximum Gasteiger partial charge on any atom is 0.289 e. The summed E-state index contributed by atoms with van der Waals surface area (Å²) < 4.78 is 65.6.